The van der Waals surface area contributed by atoms with Gasteiger partial charge in [0.1, 0.15) is 5.82 Å². The van der Waals surface area contributed by atoms with Crippen molar-refractivity contribution in [1.29, 1.82) is 0 Å². The monoisotopic (exact) mass is 388 g/mol. The first-order valence-electron chi connectivity index (χ1n) is 7.87. The van der Waals surface area contributed by atoms with Gasteiger partial charge in [0.25, 0.3) is 0 Å². The molecule has 132 valence electrons. The molecular weight excluding hydrogens is 375 g/mol. The first kappa shape index (κ1) is 17.0. The Kier molecular flexibility index (Phi) is 4.58. The van der Waals surface area contributed by atoms with Crippen molar-refractivity contribution in [2.24, 2.45) is 0 Å². The normalized spacial score (nSPS) is 12.4. The van der Waals surface area contributed by atoms with Crippen LogP contribution < -0.4 is 5.32 Å². The van der Waals surface area contributed by atoms with Crippen molar-refractivity contribution >= 4 is 33.0 Å². The van der Waals surface area contributed by atoms with Gasteiger partial charge in [-0.3, -0.25) is 0 Å². The standard InChI is InChI=1S/C18H14ClFN4OS/c19-13-5-1-12(2-6-13)16(10-25)21-17-23-24-9-15(22-18(24)26-17)11-3-7-14(20)8-4-11/h1-9,16,25H,10H2,(H,21,23). The third kappa shape index (κ3) is 3.41. The van der Waals surface area contributed by atoms with Crippen LogP contribution in [0, 0.1) is 5.82 Å². The van der Waals surface area contributed by atoms with Gasteiger partial charge >= 0.3 is 0 Å². The highest BCUT2D eigenvalue weighted by atomic mass is 35.5. The first-order chi connectivity index (χ1) is 12.6. The summed E-state index contributed by atoms with van der Waals surface area (Å²) in [5, 5.41) is 18.6. The SMILES string of the molecule is OCC(Nc1nn2cc(-c3ccc(F)cc3)nc2s1)c1ccc(Cl)cc1. The highest BCUT2D eigenvalue weighted by Crippen LogP contribution is 2.27. The van der Waals surface area contributed by atoms with Crippen LogP contribution in [0.3, 0.4) is 0 Å². The minimum atomic E-state index is -0.292. The topological polar surface area (TPSA) is 62.5 Å². The summed E-state index contributed by atoms with van der Waals surface area (Å²) in [6.45, 7) is -0.0790. The molecule has 0 saturated heterocycles. The summed E-state index contributed by atoms with van der Waals surface area (Å²) in [7, 11) is 0. The van der Waals surface area contributed by atoms with E-state index in [4.69, 9.17) is 11.6 Å². The van der Waals surface area contributed by atoms with E-state index < -0.39 is 0 Å². The van der Waals surface area contributed by atoms with Gasteiger partial charge in [0.15, 0.2) is 0 Å². The predicted molar refractivity (Wildman–Crippen MR) is 101 cm³/mol. The molecule has 4 rings (SSSR count). The second-order valence-electron chi connectivity index (χ2n) is 5.70. The molecule has 0 amide bonds. The number of hydrogen-bond donors (Lipinski definition) is 2. The molecule has 0 spiro atoms. The molecule has 2 aromatic heterocycles. The van der Waals surface area contributed by atoms with E-state index in [9.17, 15) is 9.50 Å². The fourth-order valence-electron chi connectivity index (χ4n) is 2.60. The summed E-state index contributed by atoms with van der Waals surface area (Å²) < 4.78 is 14.7. The molecule has 4 aromatic rings. The van der Waals surface area contributed by atoms with E-state index >= 15 is 0 Å². The highest BCUT2D eigenvalue weighted by Gasteiger charge is 2.15. The maximum atomic E-state index is 13.0. The predicted octanol–water partition coefficient (Wildman–Crippen LogP) is 4.40. The number of rotatable bonds is 5. The number of halogens is 2. The van der Waals surface area contributed by atoms with Gasteiger partial charge in [-0.25, -0.2) is 13.9 Å². The maximum absolute atomic E-state index is 13.0. The van der Waals surface area contributed by atoms with Crippen molar-refractivity contribution in [2.45, 2.75) is 6.04 Å². The Morgan fingerprint density at radius 3 is 2.54 bits per heavy atom. The number of aliphatic hydroxyl groups is 1. The Morgan fingerprint density at radius 2 is 1.88 bits per heavy atom. The van der Waals surface area contributed by atoms with E-state index in [-0.39, 0.29) is 18.5 Å². The largest absolute Gasteiger partial charge is 0.394 e. The molecule has 2 N–H and O–H groups in total. The second kappa shape index (κ2) is 7.03. The smallest absolute Gasteiger partial charge is 0.214 e. The van der Waals surface area contributed by atoms with Crippen LogP contribution >= 0.6 is 22.9 Å². The minimum Gasteiger partial charge on any atom is -0.394 e. The lowest BCUT2D eigenvalue weighted by Gasteiger charge is -2.15. The Morgan fingerprint density at radius 1 is 1.15 bits per heavy atom. The molecule has 0 saturated carbocycles. The number of fused-ring (bicyclic) bond motifs is 1. The van der Waals surface area contributed by atoms with Crippen LogP contribution in [0.25, 0.3) is 16.2 Å². The third-order valence-electron chi connectivity index (χ3n) is 3.94. The van der Waals surface area contributed by atoms with Crippen LogP contribution in [-0.2, 0) is 0 Å². The molecule has 0 aliphatic carbocycles. The Balaban J connectivity index is 1.56. The summed E-state index contributed by atoms with van der Waals surface area (Å²) in [6, 6.07) is 13.2. The maximum Gasteiger partial charge on any atom is 0.214 e. The molecule has 0 aliphatic heterocycles. The van der Waals surface area contributed by atoms with Gasteiger partial charge in [-0.2, -0.15) is 0 Å². The molecule has 1 atom stereocenters. The van der Waals surface area contributed by atoms with Gasteiger partial charge in [0.2, 0.25) is 10.1 Å². The van der Waals surface area contributed by atoms with Crippen molar-refractivity contribution in [3.05, 3.63) is 71.1 Å². The lowest BCUT2D eigenvalue weighted by atomic mass is 10.1. The zero-order chi connectivity index (χ0) is 18.1. The van der Waals surface area contributed by atoms with Gasteiger partial charge in [-0.1, -0.05) is 35.1 Å². The van der Waals surface area contributed by atoms with Crippen LogP contribution in [-0.4, -0.2) is 26.3 Å². The number of nitrogens with one attached hydrogen (secondary N) is 1. The van der Waals surface area contributed by atoms with Crippen LogP contribution in [0.4, 0.5) is 9.52 Å². The summed E-state index contributed by atoms with van der Waals surface area (Å²) in [5.41, 5.74) is 2.47. The molecule has 2 heterocycles. The summed E-state index contributed by atoms with van der Waals surface area (Å²) in [4.78, 5) is 5.24. The number of imidazole rings is 1. The van der Waals surface area contributed by atoms with E-state index in [1.165, 1.54) is 23.5 Å². The molecule has 0 radical (unpaired) electrons. The number of aromatic nitrogens is 3. The van der Waals surface area contributed by atoms with Crippen molar-refractivity contribution in [2.75, 3.05) is 11.9 Å². The molecule has 8 heteroatoms. The Hall–Kier alpha value is -2.48. The van der Waals surface area contributed by atoms with E-state index in [0.717, 1.165) is 16.8 Å². The molecule has 2 aromatic carbocycles. The number of benzene rings is 2. The number of hydrogen-bond acceptors (Lipinski definition) is 5. The van der Waals surface area contributed by atoms with E-state index in [1.807, 2.05) is 12.1 Å². The Labute approximate surface area is 157 Å². The van der Waals surface area contributed by atoms with Gasteiger partial charge in [-0.05, 0) is 42.0 Å². The molecule has 0 fully saturated rings. The quantitative estimate of drug-likeness (QED) is 0.532. The second-order valence-corrected chi connectivity index (χ2v) is 7.09. The summed E-state index contributed by atoms with van der Waals surface area (Å²) in [5.74, 6) is -0.281. The fourth-order valence-corrected chi connectivity index (χ4v) is 3.56. The number of nitrogens with zero attached hydrogens (tertiary/aromatic N) is 3. The van der Waals surface area contributed by atoms with Crippen LogP contribution in [0.2, 0.25) is 5.02 Å². The zero-order valence-electron chi connectivity index (χ0n) is 13.4. The van der Waals surface area contributed by atoms with Gasteiger partial charge in [-0.15, -0.1) is 5.10 Å². The Bertz CT molecular complexity index is 998. The third-order valence-corrected chi connectivity index (χ3v) is 5.04. The van der Waals surface area contributed by atoms with Crippen molar-refractivity contribution < 1.29 is 9.50 Å². The lowest BCUT2D eigenvalue weighted by Crippen LogP contribution is -2.14. The lowest BCUT2D eigenvalue weighted by molar-refractivity contribution is 0.276. The molecule has 1 unspecified atom stereocenters. The zero-order valence-corrected chi connectivity index (χ0v) is 15.0. The minimum absolute atomic E-state index is 0.0790. The fraction of sp³-hybridized carbons (Fsp3) is 0.111. The van der Waals surface area contributed by atoms with Crippen LogP contribution in [0.15, 0.2) is 54.7 Å². The summed E-state index contributed by atoms with van der Waals surface area (Å²) in [6.07, 6.45) is 1.79. The van der Waals surface area contributed by atoms with Gasteiger partial charge < -0.3 is 10.4 Å². The van der Waals surface area contributed by atoms with E-state index in [0.29, 0.717) is 15.1 Å². The van der Waals surface area contributed by atoms with Crippen molar-refractivity contribution in [3.63, 3.8) is 0 Å². The molecule has 26 heavy (non-hydrogen) atoms. The molecule has 0 aliphatic rings. The van der Waals surface area contributed by atoms with E-state index in [2.05, 4.69) is 15.4 Å². The molecule has 0 bridgehead atoms. The van der Waals surface area contributed by atoms with Gasteiger partial charge in [0, 0.05) is 10.6 Å². The van der Waals surface area contributed by atoms with Crippen LogP contribution in [0.1, 0.15) is 11.6 Å². The van der Waals surface area contributed by atoms with Crippen LogP contribution in [0.5, 0.6) is 0 Å². The number of aliphatic hydroxyl groups excluding tert-OH is 1. The first-order valence-corrected chi connectivity index (χ1v) is 9.07. The highest BCUT2D eigenvalue weighted by molar-refractivity contribution is 7.20. The van der Waals surface area contributed by atoms with E-state index in [1.54, 1.807) is 35.0 Å². The average molecular weight is 389 g/mol. The van der Waals surface area contributed by atoms with Crippen molar-refractivity contribution in [1.82, 2.24) is 14.6 Å². The summed E-state index contributed by atoms with van der Waals surface area (Å²) >= 11 is 7.28. The average Bonchev–Trinajstić information content (AvgIpc) is 3.20. The molecular formula is C18H14ClFN4OS. The van der Waals surface area contributed by atoms with Crippen molar-refractivity contribution in [3.8, 4) is 11.3 Å². The molecule has 5 nitrogen and oxygen atoms in total. The number of anilines is 1. The van der Waals surface area contributed by atoms with Gasteiger partial charge in [0.05, 0.1) is 24.5 Å².